The van der Waals surface area contributed by atoms with Crippen molar-refractivity contribution in [2.24, 2.45) is 5.92 Å². The molecule has 1 aromatic carbocycles. The fraction of sp³-hybridized carbons (Fsp3) is 0.389. The molecule has 0 radical (unpaired) electrons. The summed E-state index contributed by atoms with van der Waals surface area (Å²) >= 11 is 6.07. The molecule has 0 saturated carbocycles. The van der Waals surface area contributed by atoms with Crippen LogP contribution in [-0.4, -0.2) is 36.6 Å². The van der Waals surface area contributed by atoms with Crippen LogP contribution in [0.5, 0.6) is 11.5 Å². The standard InChI is InChI=1S/C18H23ClN4O3/c1-11(2)5-6-20-18-21-9-12(10-22-18)17(24)23-14-8-15(25-3)13(19)7-16(14)26-4/h7-11H,5-6H2,1-4H3,(H,23,24)(H,20,21,22). The third-order valence-corrected chi connectivity index (χ3v) is 3.94. The number of nitrogens with zero attached hydrogens (tertiary/aromatic N) is 2. The van der Waals surface area contributed by atoms with E-state index in [0.717, 1.165) is 13.0 Å². The maximum Gasteiger partial charge on any atom is 0.258 e. The van der Waals surface area contributed by atoms with Crippen LogP contribution < -0.4 is 20.1 Å². The Hall–Kier alpha value is -2.54. The Morgan fingerprint density at radius 1 is 1.15 bits per heavy atom. The Bertz CT molecular complexity index is 751. The highest BCUT2D eigenvalue weighted by molar-refractivity contribution is 6.32. The first-order valence-electron chi connectivity index (χ1n) is 8.23. The van der Waals surface area contributed by atoms with Crippen LogP contribution in [0.1, 0.15) is 30.6 Å². The molecule has 0 aliphatic heterocycles. The lowest BCUT2D eigenvalue weighted by Gasteiger charge is -2.13. The van der Waals surface area contributed by atoms with Gasteiger partial charge in [0, 0.05) is 31.1 Å². The third-order valence-electron chi connectivity index (χ3n) is 3.64. The van der Waals surface area contributed by atoms with E-state index in [4.69, 9.17) is 21.1 Å². The minimum atomic E-state index is -0.360. The average Bonchev–Trinajstić information content (AvgIpc) is 2.63. The van der Waals surface area contributed by atoms with Gasteiger partial charge >= 0.3 is 0 Å². The second-order valence-corrected chi connectivity index (χ2v) is 6.45. The van der Waals surface area contributed by atoms with Gasteiger partial charge < -0.3 is 20.1 Å². The van der Waals surface area contributed by atoms with Gasteiger partial charge in [-0.25, -0.2) is 9.97 Å². The Morgan fingerprint density at radius 3 is 2.38 bits per heavy atom. The van der Waals surface area contributed by atoms with Crippen LogP contribution in [0.2, 0.25) is 5.02 Å². The molecule has 1 aromatic heterocycles. The average molecular weight is 379 g/mol. The third kappa shape index (κ3) is 5.23. The molecule has 26 heavy (non-hydrogen) atoms. The molecule has 0 bridgehead atoms. The highest BCUT2D eigenvalue weighted by atomic mass is 35.5. The van der Waals surface area contributed by atoms with Crippen molar-refractivity contribution in [2.45, 2.75) is 20.3 Å². The number of carbonyl (C=O) groups is 1. The molecule has 140 valence electrons. The van der Waals surface area contributed by atoms with Gasteiger partial charge in [-0.1, -0.05) is 25.4 Å². The lowest BCUT2D eigenvalue weighted by molar-refractivity contribution is 0.102. The Labute approximate surface area is 158 Å². The van der Waals surface area contributed by atoms with E-state index in [1.165, 1.54) is 26.6 Å². The number of anilines is 2. The van der Waals surface area contributed by atoms with E-state index in [1.807, 2.05) is 0 Å². The van der Waals surface area contributed by atoms with Crippen molar-refractivity contribution in [2.75, 3.05) is 31.4 Å². The van der Waals surface area contributed by atoms with E-state index in [2.05, 4.69) is 34.4 Å². The molecular formula is C18H23ClN4O3. The van der Waals surface area contributed by atoms with Gasteiger partial charge in [0.05, 0.1) is 30.5 Å². The zero-order valence-electron chi connectivity index (χ0n) is 15.3. The van der Waals surface area contributed by atoms with Crippen molar-refractivity contribution < 1.29 is 14.3 Å². The predicted octanol–water partition coefficient (Wildman–Crippen LogP) is 3.86. The minimum Gasteiger partial charge on any atom is -0.495 e. The van der Waals surface area contributed by atoms with Crippen LogP contribution in [-0.2, 0) is 0 Å². The Morgan fingerprint density at radius 2 is 1.81 bits per heavy atom. The van der Waals surface area contributed by atoms with Crippen molar-refractivity contribution >= 4 is 29.1 Å². The summed E-state index contributed by atoms with van der Waals surface area (Å²) in [7, 11) is 2.99. The summed E-state index contributed by atoms with van der Waals surface area (Å²) < 4.78 is 10.4. The molecule has 2 rings (SSSR count). The molecule has 7 nitrogen and oxygen atoms in total. The molecule has 1 amide bonds. The molecule has 2 aromatic rings. The lowest BCUT2D eigenvalue weighted by Crippen LogP contribution is -2.14. The van der Waals surface area contributed by atoms with Crippen molar-refractivity contribution in [3.8, 4) is 11.5 Å². The van der Waals surface area contributed by atoms with Crippen LogP contribution in [0.4, 0.5) is 11.6 Å². The number of benzene rings is 1. The fourth-order valence-corrected chi connectivity index (χ4v) is 2.39. The number of hydrogen-bond acceptors (Lipinski definition) is 6. The number of aromatic nitrogens is 2. The number of rotatable bonds is 8. The molecule has 0 atom stereocenters. The van der Waals surface area contributed by atoms with Gasteiger partial charge in [-0.05, 0) is 12.3 Å². The fourth-order valence-electron chi connectivity index (χ4n) is 2.16. The SMILES string of the molecule is COc1cc(NC(=O)c2cnc(NCCC(C)C)nc2)c(OC)cc1Cl. The number of carbonyl (C=O) groups excluding carboxylic acids is 1. The van der Waals surface area contributed by atoms with Gasteiger partial charge in [0.2, 0.25) is 5.95 Å². The van der Waals surface area contributed by atoms with Crippen LogP contribution in [0.15, 0.2) is 24.5 Å². The van der Waals surface area contributed by atoms with Crippen molar-refractivity contribution in [3.63, 3.8) is 0 Å². The molecule has 0 spiro atoms. The van der Waals surface area contributed by atoms with E-state index in [9.17, 15) is 4.79 Å². The zero-order valence-corrected chi connectivity index (χ0v) is 16.1. The monoisotopic (exact) mass is 378 g/mol. The molecule has 0 aliphatic carbocycles. The van der Waals surface area contributed by atoms with E-state index in [0.29, 0.717) is 39.6 Å². The van der Waals surface area contributed by atoms with E-state index < -0.39 is 0 Å². The Balaban J connectivity index is 2.08. The summed E-state index contributed by atoms with van der Waals surface area (Å²) in [4.78, 5) is 20.8. The molecule has 0 saturated heterocycles. The summed E-state index contributed by atoms with van der Waals surface area (Å²) in [5.74, 6) is 1.59. The molecule has 2 N–H and O–H groups in total. The van der Waals surface area contributed by atoms with Gasteiger partial charge in [-0.15, -0.1) is 0 Å². The highest BCUT2D eigenvalue weighted by Crippen LogP contribution is 2.36. The van der Waals surface area contributed by atoms with Gasteiger partial charge in [0.15, 0.2) is 0 Å². The van der Waals surface area contributed by atoms with E-state index in [1.54, 1.807) is 12.1 Å². The van der Waals surface area contributed by atoms with Gasteiger partial charge in [-0.3, -0.25) is 4.79 Å². The van der Waals surface area contributed by atoms with Crippen LogP contribution in [0, 0.1) is 5.92 Å². The predicted molar refractivity (Wildman–Crippen MR) is 102 cm³/mol. The van der Waals surface area contributed by atoms with Gasteiger partial charge in [0.25, 0.3) is 5.91 Å². The summed E-state index contributed by atoms with van der Waals surface area (Å²) in [6.07, 6.45) is 3.96. The van der Waals surface area contributed by atoms with E-state index in [-0.39, 0.29) is 5.91 Å². The second kappa shape index (κ2) is 9.24. The summed E-state index contributed by atoms with van der Waals surface area (Å²) in [6, 6.07) is 3.18. The van der Waals surface area contributed by atoms with Crippen LogP contribution in [0.3, 0.4) is 0 Å². The molecule has 0 unspecified atom stereocenters. The number of hydrogen-bond donors (Lipinski definition) is 2. The van der Waals surface area contributed by atoms with Crippen LogP contribution in [0.25, 0.3) is 0 Å². The largest absolute Gasteiger partial charge is 0.495 e. The summed E-state index contributed by atoms with van der Waals surface area (Å²) in [5, 5.41) is 6.27. The second-order valence-electron chi connectivity index (χ2n) is 6.05. The van der Waals surface area contributed by atoms with Crippen LogP contribution >= 0.6 is 11.6 Å². The molecule has 0 aliphatic rings. The number of ether oxygens (including phenoxy) is 2. The first kappa shape index (κ1) is 19.8. The normalized spacial score (nSPS) is 10.5. The molecule has 8 heteroatoms. The lowest BCUT2D eigenvalue weighted by atomic mass is 10.1. The number of nitrogens with one attached hydrogen (secondary N) is 2. The van der Waals surface area contributed by atoms with E-state index >= 15 is 0 Å². The van der Waals surface area contributed by atoms with Gasteiger partial charge in [0.1, 0.15) is 11.5 Å². The maximum absolute atomic E-state index is 12.4. The minimum absolute atomic E-state index is 0.329. The topological polar surface area (TPSA) is 85.4 Å². The molecule has 0 fully saturated rings. The molecular weight excluding hydrogens is 356 g/mol. The summed E-state index contributed by atoms with van der Waals surface area (Å²) in [6.45, 7) is 5.08. The smallest absolute Gasteiger partial charge is 0.258 e. The first-order valence-corrected chi connectivity index (χ1v) is 8.61. The molecule has 1 heterocycles. The van der Waals surface area contributed by atoms with Crippen molar-refractivity contribution in [1.82, 2.24) is 9.97 Å². The van der Waals surface area contributed by atoms with Gasteiger partial charge in [-0.2, -0.15) is 0 Å². The quantitative estimate of drug-likeness (QED) is 0.725. The number of methoxy groups -OCH3 is 2. The zero-order chi connectivity index (χ0) is 19.1. The first-order chi connectivity index (χ1) is 12.4. The Kier molecular flexibility index (Phi) is 7.03. The summed E-state index contributed by atoms with van der Waals surface area (Å²) in [5.41, 5.74) is 0.772. The number of amides is 1. The van der Waals surface area contributed by atoms with Crippen molar-refractivity contribution in [3.05, 3.63) is 35.1 Å². The maximum atomic E-state index is 12.4. The number of halogens is 1. The highest BCUT2D eigenvalue weighted by Gasteiger charge is 2.14. The van der Waals surface area contributed by atoms with Crippen molar-refractivity contribution in [1.29, 1.82) is 0 Å².